The Morgan fingerprint density at radius 3 is 2.58 bits per heavy atom. The number of halogens is 1. The number of hydrogen-bond donors (Lipinski definition) is 0. The molecule has 0 N–H and O–H groups in total. The van der Waals surface area contributed by atoms with E-state index in [0.717, 1.165) is 37.6 Å². The predicted molar refractivity (Wildman–Crippen MR) is 102 cm³/mol. The monoisotopic (exact) mass is 368 g/mol. The maximum absolute atomic E-state index is 12.1. The first-order chi connectivity index (χ1) is 12.7. The average molecular weight is 369 g/mol. The Kier molecular flexibility index (Phi) is 4.73. The summed E-state index contributed by atoms with van der Waals surface area (Å²) in [6, 6.07) is 15.1. The molecule has 0 aromatic heterocycles. The van der Waals surface area contributed by atoms with Crippen molar-refractivity contribution in [1.29, 1.82) is 0 Å². The second-order valence-corrected chi connectivity index (χ2v) is 6.47. The van der Waals surface area contributed by atoms with E-state index in [1.54, 1.807) is 30.3 Å². The number of hydrogen-bond acceptors (Lipinski definition) is 5. The number of aliphatic imine (C=N–C) groups is 1. The fourth-order valence-corrected chi connectivity index (χ4v) is 3.11. The normalized spacial score (nSPS) is 18.8. The maximum Gasteiger partial charge on any atom is 0.363 e. The molecule has 0 saturated carbocycles. The molecule has 1 fully saturated rings. The Labute approximate surface area is 156 Å². The van der Waals surface area contributed by atoms with Gasteiger partial charge >= 0.3 is 5.97 Å². The van der Waals surface area contributed by atoms with E-state index in [1.165, 1.54) is 0 Å². The smallest absolute Gasteiger partial charge is 0.363 e. The van der Waals surface area contributed by atoms with Gasteiger partial charge in [-0.3, -0.25) is 0 Å². The first-order valence-corrected chi connectivity index (χ1v) is 8.78. The molecule has 26 heavy (non-hydrogen) atoms. The third-order valence-electron chi connectivity index (χ3n) is 4.26. The molecule has 2 aromatic rings. The highest BCUT2D eigenvalue weighted by molar-refractivity contribution is 6.31. The Morgan fingerprint density at radius 2 is 1.85 bits per heavy atom. The molecule has 2 heterocycles. The third kappa shape index (κ3) is 3.64. The molecular weight excluding hydrogens is 352 g/mol. The van der Waals surface area contributed by atoms with Gasteiger partial charge in [-0.2, -0.15) is 0 Å². The van der Waals surface area contributed by atoms with Crippen LogP contribution in [-0.4, -0.2) is 38.2 Å². The quantitative estimate of drug-likeness (QED) is 0.614. The maximum atomic E-state index is 12.1. The summed E-state index contributed by atoms with van der Waals surface area (Å²) in [4.78, 5) is 18.7. The molecule has 132 valence electrons. The molecule has 4 rings (SSSR count). The number of benzene rings is 2. The summed E-state index contributed by atoms with van der Waals surface area (Å²) in [5.74, 6) is -0.189. The molecule has 6 heteroatoms. The van der Waals surface area contributed by atoms with E-state index in [2.05, 4.69) is 9.89 Å². The minimum atomic E-state index is -0.461. The zero-order valence-electron chi connectivity index (χ0n) is 14.0. The largest absolute Gasteiger partial charge is 0.402 e. The third-order valence-corrected chi connectivity index (χ3v) is 4.50. The summed E-state index contributed by atoms with van der Waals surface area (Å²) < 4.78 is 10.6. The number of cyclic esters (lactones) is 1. The van der Waals surface area contributed by atoms with Crippen LogP contribution in [0.25, 0.3) is 6.08 Å². The van der Waals surface area contributed by atoms with Crippen LogP contribution >= 0.6 is 11.6 Å². The summed E-state index contributed by atoms with van der Waals surface area (Å²) >= 11 is 5.98. The van der Waals surface area contributed by atoms with Crippen LogP contribution in [0.4, 0.5) is 5.69 Å². The number of carbonyl (C=O) groups is 1. The summed E-state index contributed by atoms with van der Waals surface area (Å²) in [7, 11) is 0. The van der Waals surface area contributed by atoms with E-state index in [0.29, 0.717) is 10.6 Å². The standard InChI is InChI=1S/C20H17ClN2O3/c21-16-3-1-2-15(13-16)19-22-18(20(24)26-19)12-14-4-6-17(7-5-14)23-8-10-25-11-9-23/h1-7,12-13H,8-11H2/b18-12-. The van der Waals surface area contributed by atoms with Gasteiger partial charge in [0.05, 0.1) is 13.2 Å². The molecule has 0 bridgehead atoms. The minimum absolute atomic E-state index is 0.272. The van der Waals surface area contributed by atoms with Crippen LogP contribution in [0.5, 0.6) is 0 Å². The van der Waals surface area contributed by atoms with Crippen molar-refractivity contribution in [2.24, 2.45) is 4.99 Å². The second kappa shape index (κ2) is 7.32. The lowest BCUT2D eigenvalue weighted by Crippen LogP contribution is -2.36. The fourth-order valence-electron chi connectivity index (χ4n) is 2.91. The second-order valence-electron chi connectivity index (χ2n) is 6.04. The van der Waals surface area contributed by atoms with E-state index in [4.69, 9.17) is 21.1 Å². The van der Waals surface area contributed by atoms with E-state index < -0.39 is 5.97 Å². The highest BCUT2D eigenvalue weighted by atomic mass is 35.5. The Bertz CT molecular complexity index is 884. The van der Waals surface area contributed by atoms with Crippen molar-refractivity contribution in [3.8, 4) is 0 Å². The molecule has 0 amide bonds. The summed E-state index contributed by atoms with van der Waals surface area (Å²) in [5.41, 5.74) is 2.99. The van der Waals surface area contributed by atoms with E-state index >= 15 is 0 Å². The van der Waals surface area contributed by atoms with Gasteiger partial charge in [0.25, 0.3) is 0 Å². The Balaban J connectivity index is 1.54. The van der Waals surface area contributed by atoms with Gasteiger partial charge in [-0.05, 0) is 42.0 Å². The SMILES string of the molecule is O=C1OC(c2cccc(Cl)c2)=N/C1=C\c1ccc(N2CCOCC2)cc1. The number of carbonyl (C=O) groups excluding carboxylic acids is 1. The number of morpholine rings is 1. The number of anilines is 1. The lowest BCUT2D eigenvalue weighted by molar-refractivity contribution is -0.129. The predicted octanol–water partition coefficient (Wildman–Crippen LogP) is 3.52. The number of nitrogens with zero attached hydrogens (tertiary/aromatic N) is 2. The molecule has 2 aliphatic rings. The fraction of sp³-hybridized carbons (Fsp3) is 0.200. The lowest BCUT2D eigenvalue weighted by atomic mass is 10.1. The first kappa shape index (κ1) is 16.8. The van der Waals surface area contributed by atoms with E-state index in [-0.39, 0.29) is 11.6 Å². The van der Waals surface area contributed by atoms with Gasteiger partial charge in [-0.15, -0.1) is 0 Å². The molecule has 0 atom stereocenters. The molecule has 5 nitrogen and oxygen atoms in total. The molecule has 1 saturated heterocycles. The number of ether oxygens (including phenoxy) is 2. The van der Waals surface area contributed by atoms with Gasteiger partial charge in [0, 0.05) is 29.4 Å². The van der Waals surface area contributed by atoms with Crippen LogP contribution in [0.15, 0.2) is 59.2 Å². The zero-order valence-corrected chi connectivity index (χ0v) is 14.8. The van der Waals surface area contributed by atoms with Crippen molar-refractivity contribution in [3.05, 3.63) is 70.4 Å². The number of rotatable bonds is 3. The van der Waals surface area contributed by atoms with Crippen molar-refractivity contribution in [2.75, 3.05) is 31.2 Å². The van der Waals surface area contributed by atoms with Gasteiger partial charge in [-0.25, -0.2) is 9.79 Å². The molecule has 0 spiro atoms. The first-order valence-electron chi connectivity index (χ1n) is 8.40. The van der Waals surface area contributed by atoms with Crippen molar-refractivity contribution >= 4 is 35.2 Å². The summed E-state index contributed by atoms with van der Waals surface area (Å²) in [5, 5.41) is 0.567. The molecule has 2 aromatic carbocycles. The van der Waals surface area contributed by atoms with E-state index in [1.807, 2.05) is 24.3 Å². The van der Waals surface area contributed by atoms with Crippen molar-refractivity contribution in [1.82, 2.24) is 0 Å². The number of esters is 1. The van der Waals surface area contributed by atoms with Crippen LogP contribution < -0.4 is 4.90 Å². The van der Waals surface area contributed by atoms with Crippen LogP contribution in [0.3, 0.4) is 0 Å². The van der Waals surface area contributed by atoms with Crippen LogP contribution in [-0.2, 0) is 14.3 Å². The van der Waals surface area contributed by atoms with E-state index in [9.17, 15) is 4.79 Å². The molecular formula is C20H17ClN2O3. The van der Waals surface area contributed by atoms with Gasteiger partial charge < -0.3 is 14.4 Å². The van der Waals surface area contributed by atoms with Crippen LogP contribution in [0, 0.1) is 0 Å². The lowest BCUT2D eigenvalue weighted by Gasteiger charge is -2.28. The van der Waals surface area contributed by atoms with Crippen LogP contribution in [0.1, 0.15) is 11.1 Å². The van der Waals surface area contributed by atoms with Gasteiger partial charge in [0.2, 0.25) is 5.90 Å². The van der Waals surface area contributed by atoms with Crippen molar-refractivity contribution < 1.29 is 14.3 Å². The zero-order chi connectivity index (χ0) is 17.9. The van der Waals surface area contributed by atoms with Gasteiger partial charge in [-0.1, -0.05) is 29.8 Å². The Morgan fingerprint density at radius 1 is 1.08 bits per heavy atom. The van der Waals surface area contributed by atoms with Gasteiger partial charge in [0.15, 0.2) is 5.70 Å². The van der Waals surface area contributed by atoms with Gasteiger partial charge in [0.1, 0.15) is 0 Å². The minimum Gasteiger partial charge on any atom is -0.402 e. The Hall–Kier alpha value is -2.63. The average Bonchev–Trinajstić information content (AvgIpc) is 3.04. The molecule has 0 radical (unpaired) electrons. The van der Waals surface area contributed by atoms with Crippen LogP contribution in [0.2, 0.25) is 5.02 Å². The van der Waals surface area contributed by atoms with Crippen molar-refractivity contribution in [2.45, 2.75) is 0 Å². The highest BCUT2D eigenvalue weighted by Crippen LogP contribution is 2.22. The molecule has 0 aliphatic carbocycles. The molecule has 2 aliphatic heterocycles. The summed E-state index contributed by atoms with van der Waals surface area (Å²) in [6.07, 6.45) is 1.73. The highest BCUT2D eigenvalue weighted by Gasteiger charge is 2.24. The summed E-state index contributed by atoms with van der Waals surface area (Å²) in [6.45, 7) is 3.28. The topological polar surface area (TPSA) is 51.1 Å². The molecule has 0 unspecified atom stereocenters. The van der Waals surface area contributed by atoms with Crippen molar-refractivity contribution in [3.63, 3.8) is 0 Å².